The Balaban J connectivity index is 1.63. The highest BCUT2D eigenvalue weighted by Gasteiger charge is 2.22. The monoisotopic (exact) mass is 397 g/mol. The van der Waals surface area contributed by atoms with E-state index in [1.807, 2.05) is 24.5 Å². The first kappa shape index (κ1) is 19.0. The van der Waals surface area contributed by atoms with Crippen molar-refractivity contribution in [2.24, 2.45) is 0 Å². The van der Waals surface area contributed by atoms with Crippen LogP contribution in [0.25, 0.3) is 5.69 Å². The van der Waals surface area contributed by atoms with Crippen LogP contribution in [0.3, 0.4) is 0 Å². The molecule has 1 N–H and O–H groups in total. The quantitative estimate of drug-likeness (QED) is 0.689. The molecule has 3 aromatic rings. The van der Waals surface area contributed by atoms with Crippen LogP contribution in [0.1, 0.15) is 30.4 Å². The average molecular weight is 398 g/mol. The van der Waals surface area contributed by atoms with Gasteiger partial charge in [0.25, 0.3) is 0 Å². The van der Waals surface area contributed by atoms with E-state index in [0.717, 1.165) is 43.9 Å². The van der Waals surface area contributed by atoms with Crippen molar-refractivity contribution in [3.8, 4) is 5.69 Å². The number of benzene rings is 1. The summed E-state index contributed by atoms with van der Waals surface area (Å²) in [5.74, 6) is 0. The molecule has 0 amide bonds. The van der Waals surface area contributed by atoms with Crippen LogP contribution in [0.5, 0.6) is 0 Å². The van der Waals surface area contributed by atoms with Crippen molar-refractivity contribution in [3.63, 3.8) is 0 Å². The molecule has 1 aliphatic rings. The highest BCUT2D eigenvalue weighted by molar-refractivity contribution is 6.30. The molecule has 0 aliphatic carbocycles. The van der Waals surface area contributed by atoms with E-state index in [2.05, 4.69) is 36.3 Å². The first-order valence-electron chi connectivity index (χ1n) is 9.61. The highest BCUT2D eigenvalue weighted by atomic mass is 35.5. The van der Waals surface area contributed by atoms with Gasteiger partial charge in [-0.05, 0) is 50.0 Å². The molecule has 146 valence electrons. The van der Waals surface area contributed by atoms with E-state index in [0.29, 0.717) is 11.1 Å². The van der Waals surface area contributed by atoms with Crippen molar-refractivity contribution in [2.45, 2.75) is 38.4 Å². The van der Waals surface area contributed by atoms with Gasteiger partial charge >= 0.3 is 0 Å². The number of rotatable bonds is 6. The second-order valence-electron chi connectivity index (χ2n) is 7.10. The lowest BCUT2D eigenvalue weighted by atomic mass is 10.0. The Bertz CT molecular complexity index is 862. The Morgan fingerprint density at radius 2 is 1.96 bits per heavy atom. The minimum absolute atomic E-state index is 0.495. The normalized spacial score (nSPS) is 17.6. The highest BCUT2D eigenvalue weighted by Crippen LogP contribution is 2.25. The lowest BCUT2D eigenvalue weighted by Crippen LogP contribution is -2.35. The minimum Gasteiger partial charge on any atom is -0.317 e. The molecule has 1 atom stereocenters. The number of aromatic nitrogens is 5. The number of halogens is 1. The van der Waals surface area contributed by atoms with E-state index in [9.17, 15) is 0 Å². The van der Waals surface area contributed by atoms with Gasteiger partial charge in [-0.15, -0.1) is 0 Å². The van der Waals surface area contributed by atoms with Gasteiger partial charge in [0.15, 0.2) is 0 Å². The Labute approximate surface area is 169 Å². The largest absolute Gasteiger partial charge is 0.317 e. The molecule has 28 heavy (non-hydrogen) atoms. The Morgan fingerprint density at radius 3 is 2.79 bits per heavy atom. The summed E-state index contributed by atoms with van der Waals surface area (Å²) < 4.78 is 1.78. The van der Waals surface area contributed by atoms with Gasteiger partial charge in [0.2, 0.25) is 0 Å². The Hall–Kier alpha value is -2.35. The second kappa shape index (κ2) is 9.23. The molecule has 8 heteroatoms. The van der Waals surface area contributed by atoms with E-state index in [4.69, 9.17) is 11.6 Å². The van der Waals surface area contributed by atoms with Gasteiger partial charge in [0.1, 0.15) is 19.0 Å². The van der Waals surface area contributed by atoms with Gasteiger partial charge in [-0.3, -0.25) is 4.90 Å². The maximum absolute atomic E-state index is 6.27. The maximum atomic E-state index is 6.27. The first-order valence-corrected chi connectivity index (χ1v) is 9.99. The van der Waals surface area contributed by atoms with Crippen LogP contribution >= 0.6 is 11.6 Å². The summed E-state index contributed by atoms with van der Waals surface area (Å²) in [4.78, 5) is 15.0. The molecule has 1 saturated heterocycles. The van der Waals surface area contributed by atoms with Crippen LogP contribution in [0.2, 0.25) is 5.02 Å². The summed E-state index contributed by atoms with van der Waals surface area (Å²) in [6, 6.07) is 6.47. The van der Waals surface area contributed by atoms with Crippen LogP contribution in [0.15, 0.2) is 49.6 Å². The van der Waals surface area contributed by atoms with Crippen molar-refractivity contribution in [3.05, 3.63) is 65.7 Å². The number of nitrogens with one attached hydrogen (secondary N) is 1. The first-order chi connectivity index (χ1) is 13.8. The average Bonchev–Trinajstić information content (AvgIpc) is 3.12. The smallest absolute Gasteiger partial charge is 0.138 e. The Morgan fingerprint density at radius 1 is 1.07 bits per heavy atom. The number of hydrogen-bond donors (Lipinski definition) is 1. The van der Waals surface area contributed by atoms with Crippen molar-refractivity contribution in [1.29, 1.82) is 0 Å². The molecule has 0 radical (unpaired) electrons. The zero-order chi connectivity index (χ0) is 19.2. The molecule has 0 bridgehead atoms. The van der Waals surface area contributed by atoms with Crippen LogP contribution < -0.4 is 5.32 Å². The van der Waals surface area contributed by atoms with Crippen molar-refractivity contribution in [2.75, 3.05) is 13.1 Å². The summed E-state index contributed by atoms with van der Waals surface area (Å²) >= 11 is 6.27. The van der Waals surface area contributed by atoms with Crippen molar-refractivity contribution >= 4 is 11.6 Å². The molecule has 1 aromatic carbocycles. The van der Waals surface area contributed by atoms with E-state index in [1.165, 1.54) is 18.4 Å². The predicted octanol–water partition coefficient (Wildman–Crippen LogP) is 2.86. The molecule has 3 heterocycles. The van der Waals surface area contributed by atoms with E-state index in [-0.39, 0.29) is 0 Å². The summed E-state index contributed by atoms with van der Waals surface area (Å²) in [6.45, 7) is 3.74. The van der Waals surface area contributed by atoms with Gasteiger partial charge in [0.05, 0.1) is 5.69 Å². The fourth-order valence-corrected chi connectivity index (χ4v) is 3.93. The lowest BCUT2D eigenvalue weighted by molar-refractivity contribution is 0.163. The number of hydrogen-bond acceptors (Lipinski definition) is 6. The van der Waals surface area contributed by atoms with Gasteiger partial charge in [0, 0.05) is 42.1 Å². The Kier molecular flexibility index (Phi) is 6.26. The molecule has 1 aliphatic heterocycles. The van der Waals surface area contributed by atoms with Crippen LogP contribution in [-0.2, 0) is 13.1 Å². The zero-order valence-electron chi connectivity index (χ0n) is 15.7. The van der Waals surface area contributed by atoms with Crippen molar-refractivity contribution in [1.82, 2.24) is 34.9 Å². The molecule has 4 rings (SSSR count). The molecule has 1 fully saturated rings. The third kappa shape index (κ3) is 4.73. The fraction of sp³-hybridized carbons (Fsp3) is 0.400. The van der Waals surface area contributed by atoms with Crippen LogP contribution in [0.4, 0.5) is 0 Å². The van der Waals surface area contributed by atoms with Crippen LogP contribution in [0, 0.1) is 0 Å². The molecule has 2 aromatic heterocycles. The molecule has 1 unspecified atom stereocenters. The zero-order valence-corrected chi connectivity index (χ0v) is 16.5. The topological polar surface area (TPSA) is 71.8 Å². The lowest BCUT2D eigenvalue weighted by Gasteiger charge is -2.31. The van der Waals surface area contributed by atoms with Gasteiger partial charge < -0.3 is 5.32 Å². The summed E-state index contributed by atoms with van der Waals surface area (Å²) in [5.41, 5.74) is 3.26. The summed E-state index contributed by atoms with van der Waals surface area (Å²) in [5, 5.41) is 8.51. The SMILES string of the molecule is Clc1ccc(CN(Cc2cncnc2)C2CCCNCC2)c(-n2cncn2)c1. The van der Waals surface area contributed by atoms with Gasteiger partial charge in [-0.2, -0.15) is 5.10 Å². The van der Waals surface area contributed by atoms with Crippen LogP contribution in [-0.4, -0.2) is 48.8 Å². The van der Waals surface area contributed by atoms with Gasteiger partial charge in [-0.25, -0.2) is 19.6 Å². The summed E-state index contributed by atoms with van der Waals surface area (Å²) in [6.07, 6.45) is 12.1. The fourth-order valence-electron chi connectivity index (χ4n) is 3.76. The van der Waals surface area contributed by atoms with Crippen molar-refractivity contribution < 1.29 is 0 Å². The molecular formula is C20H24ClN7. The molecule has 7 nitrogen and oxygen atoms in total. The third-order valence-electron chi connectivity index (χ3n) is 5.15. The second-order valence-corrected chi connectivity index (χ2v) is 7.54. The molecular weight excluding hydrogens is 374 g/mol. The maximum Gasteiger partial charge on any atom is 0.138 e. The predicted molar refractivity (Wildman–Crippen MR) is 108 cm³/mol. The molecule has 0 spiro atoms. The standard InChI is InChI=1S/C20H24ClN7/c21-18-4-3-17(20(8-18)28-15-25-14-26-28)12-27(11-16-9-23-13-24-10-16)19-2-1-6-22-7-5-19/h3-4,8-10,13-15,19,22H,1-2,5-7,11-12H2. The molecule has 0 saturated carbocycles. The summed E-state index contributed by atoms with van der Waals surface area (Å²) in [7, 11) is 0. The van der Waals surface area contributed by atoms with E-state index in [1.54, 1.807) is 23.7 Å². The minimum atomic E-state index is 0.495. The van der Waals surface area contributed by atoms with E-state index < -0.39 is 0 Å². The van der Waals surface area contributed by atoms with Gasteiger partial charge in [-0.1, -0.05) is 17.7 Å². The third-order valence-corrected chi connectivity index (χ3v) is 5.38. The van der Waals surface area contributed by atoms with E-state index >= 15 is 0 Å². The number of nitrogens with zero attached hydrogens (tertiary/aromatic N) is 6.